The van der Waals surface area contributed by atoms with E-state index in [0.29, 0.717) is 6.54 Å². The molecule has 1 aromatic rings. The molecule has 0 fully saturated rings. The van der Waals surface area contributed by atoms with E-state index in [1.54, 1.807) is 5.57 Å². The minimum atomic E-state index is 0.222. The van der Waals surface area contributed by atoms with Gasteiger partial charge in [0, 0.05) is 17.6 Å². The zero-order chi connectivity index (χ0) is 13.7. The Kier molecular flexibility index (Phi) is 5.44. The molecule has 1 unspecified atom stereocenters. The Bertz CT molecular complexity index is 454. The third-order valence-corrected chi connectivity index (χ3v) is 4.05. The molecule has 104 valence electrons. The van der Waals surface area contributed by atoms with Crippen LogP contribution in [0.25, 0.3) is 0 Å². The molecule has 1 aromatic carbocycles. The SMILES string of the molecule is Cc1cc(Cl)ccc1C(CN)NCCC1=CCCC1. The molecule has 1 atom stereocenters. The average Bonchev–Trinajstić information content (AvgIpc) is 2.89. The van der Waals surface area contributed by atoms with Gasteiger partial charge in [0.25, 0.3) is 0 Å². The Balaban J connectivity index is 1.91. The quantitative estimate of drug-likeness (QED) is 0.778. The van der Waals surface area contributed by atoms with E-state index in [9.17, 15) is 0 Å². The number of aryl methyl sites for hydroxylation is 1. The highest BCUT2D eigenvalue weighted by atomic mass is 35.5. The van der Waals surface area contributed by atoms with Gasteiger partial charge in [-0.25, -0.2) is 0 Å². The molecular weight excluding hydrogens is 256 g/mol. The maximum absolute atomic E-state index is 6.00. The topological polar surface area (TPSA) is 38.0 Å². The molecule has 0 aliphatic heterocycles. The summed E-state index contributed by atoms with van der Waals surface area (Å²) < 4.78 is 0. The molecule has 0 amide bonds. The fraction of sp³-hybridized carbons (Fsp3) is 0.500. The van der Waals surface area contributed by atoms with Crippen LogP contribution in [-0.2, 0) is 0 Å². The summed E-state index contributed by atoms with van der Waals surface area (Å²) in [5.74, 6) is 0. The van der Waals surface area contributed by atoms with E-state index in [2.05, 4.69) is 24.4 Å². The molecule has 0 saturated heterocycles. The van der Waals surface area contributed by atoms with Gasteiger partial charge in [0.15, 0.2) is 0 Å². The highest BCUT2D eigenvalue weighted by molar-refractivity contribution is 6.30. The molecule has 0 aromatic heterocycles. The van der Waals surface area contributed by atoms with Crippen LogP contribution in [0.1, 0.15) is 42.9 Å². The number of allylic oxidation sites excluding steroid dienone is 1. The lowest BCUT2D eigenvalue weighted by molar-refractivity contribution is 0.540. The Hall–Kier alpha value is -0.830. The molecule has 1 aliphatic carbocycles. The van der Waals surface area contributed by atoms with Crippen LogP contribution in [0, 0.1) is 6.92 Å². The third-order valence-electron chi connectivity index (χ3n) is 3.81. The number of nitrogens with one attached hydrogen (secondary N) is 1. The number of benzene rings is 1. The number of nitrogens with two attached hydrogens (primary N) is 1. The second-order valence-electron chi connectivity index (χ2n) is 5.25. The van der Waals surface area contributed by atoms with E-state index in [1.807, 2.05) is 12.1 Å². The standard InChI is InChI=1S/C16H23ClN2/c1-12-10-14(17)6-7-15(12)16(11-18)19-9-8-13-4-2-3-5-13/h4,6-7,10,16,19H,2-3,5,8-9,11,18H2,1H3. The van der Waals surface area contributed by atoms with Gasteiger partial charge in [0.2, 0.25) is 0 Å². The maximum atomic E-state index is 6.00. The van der Waals surface area contributed by atoms with Gasteiger partial charge >= 0.3 is 0 Å². The van der Waals surface area contributed by atoms with Gasteiger partial charge in [0.1, 0.15) is 0 Å². The predicted octanol–water partition coefficient (Wildman–Crippen LogP) is 3.74. The lowest BCUT2D eigenvalue weighted by atomic mass is 10.0. The molecule has 19 heavy (non-hydrogen) atoms. The molecule has 2 nitrogen and oxygen atoms in total. The van der Waals surface area contributed by atoms with Crippen LogP contribution in [0.4, 0.5) is 0 Å². The van der Waals surface area contributed by atoms with Crippen molar-refractivity contribution in [3.05, 3.63) is 46.0 Å². The van der Waals surface area contributed by atoms with Crippen molar-refractivity contribution < 1.29 is 0 Å². The van der Waals surface area contributed by atoms with Crippen LogP contribution in [0.5, 0.6) is 0 Å². The second kappa shape index (κ2) is 7.09. The molecule has 0 spiro atoms. The molecular formula is C16H23ClN2. The highest BCUT2D eigenvalue weighted by Crippen LogP contribution is 2.22. The lowest BCUT2D eigenvalue weighted by Gasteiger charge is -2.19. The molecule has 2 rings (SSSR count). The first-order valence-corrected chi connectivity index (χ1v) is 7.46. The summed E-state index contributed by atoms with van der Waals surface area (Å²) in [5.41, 5.74) is 9.95. The number of rotatable bonds is 6. The predicted molar refractivity (Wildman–Crippen MR) is 82.5 cm³/mol. The highest BCUT2D eigenvalue weighted by Gasteiger charge is 2.12. The Labute approximate surface area is 121 Å². The van der Waals surface area contributed by atoms with E-state index in [0.717, 1.165) is 18.0 Å². The van der Waals surface area contributed by atoms with Gasteiger partial charge in [0.05, 0.1) is 0 Å². The van der Waals surface area contributed by atoms with E-state index < -0.39 is 0 Å². The van der Waals surface area contributed by atoms with Gasteiger partial charge < -0.3 is 11.1 Å². The van der Waals surface area contributed by atoms with Crippen molar-refractivity contribution in [2.24, 2.45) is 5.73 Å². The van der Waals surface area contributed by atoms with Crippen molar-refractivity contribution in [3.63, 3.8) is 0 Å². The summed E-state index contributed by atoms with van der Waals surface area (Å²) in [7, 11) is 0. The van der Waals surface area contributed by atoms with Crippen LogP contribution < -0.4 is 11.1 Å². The first-order chi connectivity index (χ1) is 9.20. The lowest BCUT2D eigenvalue weighted by Crippen LogP contribution is -2.29. The van der Waals surface area contributed by atoms with Gasteiger partial charge in [-0.2, -0.15) is 0 Å². The molecule has 3 N–H and O–H groups in total. The fourth-order valence-corrected chi connectivity index (χ4v) is 2.95. The van der Waals surface area contributed by atoms with E-state index in [4.69, 9.17) is 17.3 Å². The first-order valence-electron chi connectivity index (χ1n) is 7.08. The van der Waals surface area contributed by atoms with E-state index in [-0.39, 0.29) is 6.04 Å². The number of halogens is 1. The third kappa shape index (κ3) is 4.07. The van der Waals surface area contributed by atoms with Crippen molar-refractivity contribution >= 4 is 11.6 Å². The van der Waals surface area contributed by atoms with Crippen molar-refractivity contribution in [2.45, 2.75) is 38.6 Å². The fourth-order valence-electron chi connectivity index (χ4n) is 2.72. The van der Waals surface area contributed by atoms with E-state index in [1.165, 1.54) is 30.4 Å². The van der Waals surface area contributed by atoms with Gasteiger partial charge in [-0.15, -0.1) is 0 Å². The first kappa shape index (κ1) is 14.6. The number of hydrogen-bond donors (Lipinski definition) is 2. The summed E-state index contributed by atoms with van der Waals surface area (Å²) in [6, 6.07) is 6.24. The zero-order valence-corrected chi connectivity index (χ0v) is 12.3. The Morgan fingerprint density at radius 1 is 1.42 bits per heavy atom. The minimum Gasteiger partial charge on any atom is -0.329 e. The minimum absolute atomic E-state index is 0.222. The zero-order valence-electron chi connectivity index (χ0n) is 11.6. The van der Waals surface area contributed by atoms with Crippen molar-refractivity contribution in [1.29, 1.82) is 0 Å². The molecule has 0 bridgehead atoms. The van der Waals surface area contributed by atoms with Crippen LogP contribution in [0.2, 0.25) is 5.02 Å². The van der Waals surface area contributed by atoms with Gasteiger partial charge in [-0.05, 0) is 62.4 Å². The van der Waals surface area contributed by atoms with Crippen LogP contribution in [0.3, 0.4) is 0 Å². The molecule has 1 aliphatic rings. The van der Waals surface area contributed by atoms with E-state index >= 15 is 0 Å². The summed E-state index contributed by atoms with van der Waals surface area (Å²) in [6.45, 7) is 3.70. The molecule has 0 radical (unpaired) electrons. The summed E-state index contributed by atoms with van der Waals surface area (Å²) >= 11 is 6.00. The Morgan fingerprint density at radius 3 is 2.89 bits per heavy atom. The average molecular weight is 279 g/mol. The van der Waals surface area contributed by atoms with Crippen molar-refractivity contribution in [3.8, 4) is 0 Å². The number of hydrogen-bond acceptors (Lipinski definition) is 2. The molecule has 3 heteroatoms. The van der Waals surface area contributed by atoms with Crippen molar-refractivity contribution in [1.82, 2.24) is 5.32 Å². The summed E-state index contributed by atoms with van der Waals surface area (Å²) in [5, 5.41) is 4.35. The monoisotopic (exact) mass is 278 g/mol. The maximum Gasteiger partial charge on any atom is 0.0447 e. The smallest absolute Gasteiger partial charge is 0.0447 e. The van der Waals surface area contributed by atoms with Crippen LogP contribution in [0.15, 0.2) is 29.8 Å². The van der Waals surface area contributed by atoms with Crippen LogP contribution in [-0.4, -0.2) is 13.1 Å². The normalized spacial score (nSPS) is 16.5. The molecule has 0 saturated carbocycles. The summed E-state index contributed by atoms with van der Waals surface area (Å²) in [4.78, 5) is 0. The van der Waals surface area contributed by atoms with Gasteiger partial charge in [-0.3, -0.25) is 0 Å². The molecule has 0 heterocycles. The van der Waals surface area contributed by atoms with Gasteiger partial charge in [-0.1, -0.05) is 29.3 Å². The van der Waals surface area contributed by atoms with Crippen molar-refractivity contribution in [2.75, 3.05) is 13.1 Å². The largest absolute Gasteiger partial charge is 0.329 e. The second-order valence-corrected chi connectivity index (χ2v) is 5.68. The Morgan fingerprint density at radius 2 is 2.26 bits per heavy atom. The van der Waals surface area contributed by atoms with Crippen LogP contribution >= 0.6 is 11.6 Å². The summed E-state index contributed by atoms with van der Waals surface area (Å²) in [6.07, 6.45) is 7.38.